The molecule has 1 aromatic carbocycles. The Morgan fingerprint density at radius 2 is 1.82 bits per heavy atom. The van der Waals surface area contributed by atoms with Crippen LogP contribution in [0.4, 0.5) is 11.9 Å². The zero-order chi connectivity index (χ0) is 20.1. The third-order valence-electron chi connectivity index (χ3n) is 4.48. The average Bonchev–Trinajstić information content (AvgIpc) is 2.72. The summed E-state index contributed by atoms with van der Waals surface area (Å²) >= 11 is 0. The number of para-hydroxylation sites is 1. The number of nitrogens with zero attached hydrogens (tertiary/aromatic N) is 5. The molecule has 3 rings (SSSR count). The minimum absolute atomic E-state index is 0.0371. The molecule has 28 heavy (non-hydrogen) atoms. The Balaban J connectivity index is 1.84. The van der Waals surface area contributed by atoms with Crippen molar-refractivity contribution in [2.75, 3.05) is 44.1 Å². The van der Waals surface area contributed by atoms with Crippen molar-refractivity contribution in [3.05, 3.63) is 30.1 Å². The number of piperidine rings is 1. The number of aromatic nitrogens is 3. The van der Waals surface area contributed by atoms with Crippen LogP contribution in [0.2, 0.25) is 0 Å². The maximum absolute atomic E-state index is 12.7. The van der Waals surface area contributed by atoms with Crippen LogP contribution >= 0.6 is 0 Å². The molecule has 1 aliphatic rings. The van der Waals surface area contributed by atoms with Crippen LogP contribution in [0.25, 0.3) is 0 Å². The number of anilines is 2. The van der Waals surface area contributed by atoms with Crippen molar-refractivity contribution in [1.82, 2.24) is 19.7 Å². The zero-order valence-corrected chi connectivity index (χ0v) is 17.2. The Hall–Kier alpha value is -2.46. The lowest BCUT2D eigenvalue weighted by atomic mass is 10.1. The summed E-state index contributed by atoms with van der Waals surface area (Å²) < 4.78 is 33.1. The second-order valence-corrected chi connectivity index (χ2v) is 8.50. The van der Waals surface area contributed by atoms with Gasteiger partial charge in [0.1, 0.15) is 10.6 Å². The Labute approximate surface area is 165 Å². The fraction of sp³-hybridized carbons (Fsp3) is 0.500. The molecule has 2 heterocycles. The van der Waals surface area contributed by atoms with E-state index >= 15 is 0 Å². The van der Waals surface area contributed by atoms with E-state index in [0.29, 0.717) is 17.7 Å². The van der Waals surface area contributed by atoms with E-state index in [1.807, 2.05) is 14.1 Å². The molecule has 10 heteroatoms. The molecule has 9 nitrogen and oxygen atoms in total. The summed E-state index contributed by atoms with van der Waals surface area (Å²) in [6, 6.07) is 6.48. The molecule has 0 amide bonds. The van der Waals surface area contributed by atoms with Crippen molar-refractivity contribution < 1.29 is 13.2 Å². The van der Waals surface area contributed by atoms with E-state index < -0.39 is 10.0 Å². The van der Waals surface area contributed by atoms with Crippen molar-refractivity contribution in [2.24, 2.45) is 0 Å². The standard InChI is InChI=1S/C18H26N6O3S/c1-23(2)17-20-16(21-18(22-17)24-11-7-4-8-12-24)13-19-28(25,26)15-10-6-5-9-14(15)27-3/h5-6,9-10,19H,4,7-8,11-13H2,1-3H3. The van der Waals surface area contributed by atoms with E-state index in [0.717, 1.165) is 25.9 Å². The van der Waals surface area contributed by atoms with Crippen LogP contribution < -0.4 is 19.3 Å². The van der Waals surface area contributed by atoms with E-state index in [1.54, 1.807) is 23.1 Å². The number of hydrogen-bond acceptors (Lipinski definition) is 8. The van der Waals surface area contributed by atoms with Gasteiger partial charge in [0.05, 0.1) is 13.7 Å². The molecule has 0 bridgehead atoms. The topological polar surface area (TPSA) is 101 Å². The van der Waals surface area contributed by atoms with Gasteiger partial charge in [-0.2, -0.15) is 15.0 Å². The average molecular weight is 407 g/mol. The van der Waals surface area contributed by atoms with E-state index in [9.17, 15) is 8.42 Å². The first-order chi connectivity index (χ1) is 13.4. The van der Waals surface area contributed by atoms with Gasteiger partial charge in [-0.25, -0.2) is 13.1 Å². The molecule has 0 spiro atoms. The van der Waals surface area contributed by atoms with Crippen molar-refractivity contribution >= 4 is 21.9 Å². The van der Waals surface area contributed by atoms with Crippen LogP contribution in [0.1, 0.15) is 25.1 Å². The molecular formula is C18H26N6O3S. The number of nitrogens with one attached hydrogen (secondary N) is 1. The lowest BCUT2D eigenvalue weighted by molar-refractivity contribution is 0.402. The summed E-state index contributed by atoms with van der Waals surface area (Å²) in [5, 5.41) is 0. The van der Waals surface area contributed by atoms with Gasteiger partial charge in [-0.15, -0.1) is 0 Å². The van der Waals surface area contributed by atoms with Crippen LogP contribution in [0, 0.1) is 0 Å². The second kappa shape index (κ2) is 8.70. The lowest BCUT2D eigenvalue weighted by Crippen LogP contribution is -2.33. The Bertz CT molecular complexity index is 913. The monoisotopic (exact) mass is 406 g/mol. The van der Waals surface area contributed by atoms with E-state index in [-0.39, 0.29) is 17.2 Å². The summed E-state index contributed by atoms with van der Waals surface area (Å²) in [5.41, 5.74) is 0. The van der Waals surface area contributed by atoms with Gasteiger partial charge in [-0.05, 0) is 31.4 Å². The summed E-state index contributed by atoms with van der Waals surface area (Å²) in [5.74, 6) is 1.75. The Kier molecular flexibility index (Phi) is 6.30. The van der Waals surface area contributed by atoms with Crippen molar-refractivity contribution in [1.29, 1.82) is 0 Å². The first kappa shape index (κ1) is 20.3. The van der Waals surface area contributed by atoms with Crippen molar-refractivity contribution in [3.8, 4) is 5.75 Å². The maximum atomic E-state index is 12.7. The van der Waals surface area contributed by atoms with Gasteiger partial charge in [0.25, 0.3) is 0 Å². The van der Waals surface area contributed by atoms with Crippen molar-refractivity contribution in [3.63, 3.8) is 0 Å². The number of sulfonamides is 1. The van der Waals surface area contributed by atoms with Crippen LogP contribution in [-0.4, -0.2) is 57.7 Å². The highest BCUT2D eigenvalue weighted by Gasteiger charge is 2.21. The zero-order valence-electron chi connectivity index (χ0n) is 16.4. The van der Waals surface area contributed by atoms with Crippen LogP contribution in [0.3, 0.4) is 0 Å². The molecule has 1 aromatic heterocycles. The first-order valence-electron chi connectivity index (χ1n) is 9.20. The third kappa shape index (κ3) is 4.68. The maximum Gasteiger partial charge on any atom is 0.244 e. The minimum Gasteiger partial charge on any atom is -0.495 e. The third-order valence-corrected chi connectivity index (χ3v) is 5.92. The fourth-order valence-corrected chi connectivity index (χ4v) is 4.14. The molecule has 1 saturated heterocycles. The smallest absolute Gasteiger partial charge is 0.244 e. The van der Waals surface area contributed by atoms with Gasteiger partial charge >= 0.3 is 0 Å². The van der Waals surface area contributed by atoms with Crippen LogP contribution in [-0.2, 0) is 16.6 Å². The normalized spacial score (nSPS) is 14.8. The predicted molar refractivity (Wildman–Crippen MR) is 107 cm³/mol. The highest BCUT2D eigenvalue weighted by atomic mass is 32.2. The largest absolute Gasteiger partial charge is 0.495 e. The van der Waals surface area contributed by atoms with E-state index in [1.165, 1.54) is 19.6 Å². The number of benzene rings is 1. The summed E-state index contributed by atoms with van der Waals surface area (Å²) in [6.45, 7) is 1.75. The molecule has 152 valence electrons. The molecular weight excluding hydrogens is 380 g/mol. The van der Waals surface area contributed by atoms with Gasteiger partial charge < -0.3 is 14.5 Å². The minimum atomic E-state index is -3.77. The Morgan fingerprint density at radius 1 is 1.11 bits per heavy atom. The molecule has 0 aliphatic carbocycles. The van der Waals surface area contributed by atoms with Crippen LogP contribution in [0.5, 0.6) is 5.75 Å². The van der Waals surface area contributed by atoms with Gasteiger partial charge in [-0.3, -0.25) is 0 Å². The summed E-state index contributed by atoms with van der Waals surface area (Å²) in [4.78, 5) is 17.4. The SMILES string of the molecule is COc1ccccc1S(=O)(=O)NCc1nc(N(C)C)nc(N2CCCCC2)n1. The Morgan fingerprint density at radius 3 is 2.50 bits per heavy atom. The molecule has 0 atom stereocenters. The molecule has 1 N–H and O–H groups in total. The molecule has 0 radical (unpaired) electrons. The highest BCUT2D eigenvalue weighted by Crippen LogP contribution is 2.23. The molecule has 1 aliphatic heterocycles. The van der Waals surface area contributed by atoms with Crippen molar-refractivity contribution in [2.45, 2.75) is 30.7 Å². The highest BCUT2D eigenvalue weighted by molar-refractivity contribution is 7.89. The number of ether oxygens (including phenoxy) is 1. The number of hydrogen-bond donors (Lipinski definition) is 1. The van der Waals surface area contributed by atoms with E-state index in [2.05, 4.69) is 24.6 Å². The van der Waals surface area contributed by atoms with Gasteiger partial charge in [-0.1, -0.05) is 12.1 Å². The molecule has 0 saturated carbocycles. The number of methoxy groups -OCH3 is 1. The van der Waals surface area contributed by atoms with Gasteiger partial charge in [0.2, 0.25) is 21.9 Å². The summed E-state index contributed by atoms with van der Waals surface area (Å²) in [6.07, 6.45) is 3.39. The van der Waals surface area contributed by atoms with Crippen LogP contribution in [0.15, 0.2) is 29.2 Å². The van der Waals surface area contributed by atoms with Gasteiger partial charge in [0.15, 0.2) is 5.82 Å². The quantitative estimate of drug-likeness (QED) is 0.737. The summed E-state index contributed by atoms with van der Waals surface area (Å²) in [7, 11) is 1.36. The molecule has 0 unspecified atom stereocenters. The first-order valence-corrected chi connectivity index (χ1v) is 10.7. The fourth-order valence-electron chi connectivity index (χ4n) is 2.99. The molecule has 1 fully saturated rings. The lowest BCUT2D eigenvalue weighted by Gasteiger charge is -2.27. The van der Waals surface area contributed by atoms with E-state index in [4.69, 9.17) is 4.74 Å². The molecule has 2 aromatic rings. The van der Waals surface area contributed by atoms with Gasteiger partial charge in [0, 0.05) is 27.2 Å². The number of rotatable bonds is 7. The predicted octanol–water partition coefficient (Wildman–Crippen LogP) is 1.41. The second-order valence-electron chi connectivity index (χ2n) is 6.77.